The second kappa shape index (κ2) is 8.68. The van der Waals surface area contributed by atoms with Gasteiger partial charge in [-0.05, 0) is 18.4 Å². The highest BCUT2D eigenvalue weighted by atomic mass is 32.2. The summed E-state index contributed by atoms with van der Waals surface area (Å²) in [5, 5.41) is 8.78. The van der Waals surface area contributed by atoms with Crippen LogP contribution in [0.3, 0.4) is 0 Å². The molecule has 1 aliphatic heterocycles. The maximum absolute atomic E-state index is 11.8. The van der Waals surface area contributed by atoms with Crippen molar-refractivity contribution in [2.45, 2.75) is 18.9 Å². The van der Waals surface area contributed by atoms with Crippen molar-refractivity contribution in [3.63, 3.8) is 0 Å². The van der Waals surface area contributed by atoms with Crippen LogP contribution in [0.25, 0.3) is 0 Å². The highest BCUT2D eigenvalue weighted by molar-refractivity contribution is 7.91. The molecule has 1 fully saturated rings. The number of benzene rings is 1. The Morgan fingerprint density at radius 1 is 1.25 bits per heavy atom. The van der Waals surface area contributed by atoms with Gasteiger partial charge in [-0.15, -0.1) is 0 Å². The van der Waals surface area contributed by atoms with Crippen molar-refractivity contribution in [1.82, 2.24) is 16.0 Å². The summed E-state index contributed by atoms with van der Waals surface area (Å²) in [6.07, 6.45) is 1.34. The smallest absolute Gasteiger partial charge is 0.239 e. The van der Waals surface area contributed by atoms with E-state index in [4.69, 9.17) is 0 Å². The fourth-order valence-electron chi connectivity index (χ4n) is 2.51. The zero-order valence-corrected chi connectivity index (χ0v) is 14.6. The summed E-state index contributed by atoms with van der Waals surface area (Å²) in [4.78, 5) is 15.9. The highest BCUT2D eigenvalue weighted by Gasteiger charge is 2.28. The number of hydrogen-bond donors (Lipinski definition) is 3. The average molecular weight is 352 g/mol. The molecule has 1 atom stereocenters. The molecule has 3 N–H and O–H groups in total. The molecule has 1 saturated heterocycles. The minimum Gasteiger partial charge on any atom is -0.354 e. The van der Waals surface area contributed by atoms with Crippen LogP contribution in [0.4, 0.5) is 0 Å². The number of aliphatic imine (C=N–C) groups is 1. The van der Waals surface area contributed by atoms with Crippen molar-refractivity contribution < 1.29 is 13.2 Å². The monoisotopic (exact) mass is 352 g/mol. The van der Waals surface area contributed by atoms with Gasteiger partial charge in [0.1, 0.15) is 0 Å². The van der Waals surface area contributed by atoms with Gasteiger partial charge in [0.05, 0.1) is 18.1 Å². The van der Waals surface area contributed by atoms with E-state index < -0.39 is 9.84 Å². The van der Waals surface area contributed by atoms with Crippen LogP contribution in [0.1, 0.15) is 12.0 Å². The van der Waals surface area contributed by atoms with Crippen molar-refractivity contribution in [3.05, 3.63) is 35.9 Å². The van der Waals surface area contributed by atoms with Crippen LogP contribution in [0.15, 0.2) is 35.3 Å². The first-order chi connectivity index (χ1) is 11.5. The molecule has 1 amide bonds. The fourth-order valence-corrected chi connectivity index (χ4v) is 4.19. The third kappa shape index (κ3) is 6.19. The second-order valence-corrected chi connectivity index (χ2v) is 7.98. The minimum atomic E-state index is -2.94. The van der Waals surface area contributed by atoms with Crippen molar-refractivity contribution in [1.29, 1.82) is 0 Å². The molecule has 1 aromatic carbocycles. The zero-order valence-electron chi connectivity index (χ0n) is 13.8. The van der Waals surface area contributed by atoms with Gasteiger partial charge in [0.15, 0.2) is 15.8 Å². The number of sulfone groups is 1. The van der Waals surface area contributed by atoms with Crippen LogP contribution >= 0.6 is 0 Å². The molecule has 0 saturated carbocycles. The van der Waals surface area contributed by atoms with E-state index in [9.17, 15) is 13.2 Å². The Bertz CT molecular complexity index is 674. The molecule has 1 aromatic rings. The van der Waals surface area contributed by atoms with Crippen molar-refractivity contribution in [3.8, 4) is 0 Å². The van der Waals surface area contributed by atoms with E-state index in [0.29, 0.717) is 18.9 Å². The number of carbonyl (C=O) groups excluding carboxylic acids is 1. The molecule has 0 bridgehead atoms. The molecule has 1 unspecified atom stereocenters. The molecule has 132 valence electrons. The van der Waals surface area contributed by atoms with E-state index in [1.807, 2.05) is 30.3 Å². The Kier molecular flexibility index (Phi) is 6.60. The summed E-state index contributed by atoms with van der Waals surface area (Å²) in [6.45, 7) is 0.658. The Morgan fingerprint density at radius 2 is 2.00 bits per heavy atom. The second-order valence-electron chi connectivity index (χ2n) is 5.76. The Hall–Kier alpha value is -2.09. The Morgan fingerprint density at radius 3 is 2.62 bits per heavy atom. The summed E-state index contributed by atoms with van der Waals surface area (Å²) < 4.78 is 22.9. The molecular formula is C16H24N4O3S. The SMILES string of the molecule is CN=C(NCC(=O)NCCc1ccccc1)NC1CCS(=O)(=O)C1. The average Bonchev–Trinajstić information content (AvgIpc) is 2.91. The van der Waals surface area contributed by atoms with E-state index in [1.165, 1.54) is 5.56 Å². The van der Waals surface area contributed by atoms with E-state index in [-0.39, 0.29) is 30.0 Å². The van der Waals surface area contributed by atoms with Crippen LogP contribution in [0, 0.1) is 0 Å². The molecule has 1 heterocycles. The topological polar surface area (TPSA) is 99.7 Å². The minimum absolute atomic E-state index is 0.0912. The molecule has 7 nitrogen and oxygen atoms in total. The zero-order chi connectivity index (χ0) is 17.4. The Balaban J connectivity index is 1.66. The highest BCUT2D eigenvalue weighted by Crippen LogP contribution is 2.10. The summed E-state index contributed by atoms with van der Waals surface area (Å²) in [5.74, 6) is 0.613. The van der Waals surface area contributed by atoms with Crippen molar-refractivity contribution >= 4 is 21.7 Å². The van der Waals surface area contributed by atoms with Crippen molar-refractivity contribution in [2.24, 2.45) is 4.99 Å². The number of hydrogen-bond acceptors (Lipinski definition) is 4. The van der Waals surface area contributed by atoms with Crippen LogP contribution < -0.4 is 16.0 Å². The standard InChI is InChI=1S/C16H24N4O3S/c1-17-16(20-14-8-10-24(22,23)12-14)19-11-15(21)18-9-7-13-5-3-2-4-6-13/h2-6,14H,7-12H2,1H3,(H,18,21)(H2,17,19,20). The molecule has 0 aromatic heterocycles. The number of nitrogens with zero attached hydrogens (tertiary/aromatic N) is 1. The first kappa shape index (κ1) is 18.3. The maximum Gasteiger partial charge on any atom is 0.239 e. The van der Waals surface area contributed by atoms with Gasteiger partial charge in [-0.2, -0.15) is 0 Å². The lowest BCUT2D eigenvalue weighted by Crippen LogP contribution is -2.47. The van der Waals surface area contributed by atoms with E-state index in [0.717, 1.165) is 6.42 Å². The number of nitrogens with one attached hydrogen (secondary N) is 3. The number of carbonyl (C=O) groups is 1. The van der Waals surface area contributed by atoms with E-state index in [2.05, 4.69) is 20.9 Å². The van der Waals surface area contributed by atoms with Gasteiger partial charge >= 0.3 is 0 Å². The van der Waals surface area contributed by atoms with Gasteiger partial charge in [-0.1, -0.05) is 30.3 Å². The first-order valence-corrected chi connectivity index (χ1v) is 9.79. The predicted octanol–water partition coefficient (Wildman–Crippen LogP) is -0.303. The maximum atomic E-state index is 11.8. The predicted molar refractivity (Wildman–Crippen MR) is 94.7 cm³/mol. The normalized spacial score (nSPS) is 19.7. The fraction of sp³-hybridized carbons (Fsp3) is 0.500. The van der Waals surface area contributed by atoms with Gasteiger partial charge in [-0.3, -0.25) is 9.79 Å². The van der Waals surface area contributed by atoms with Gasteiger partial charge in [0.25, 0.3) is 0 Å². The lowest BCUT2D eigenvalue weighted by Gasteiger charge is -2.15. The van der Waals surface area contributed by atoms with Crippen molar-refractivity contribution in [2.75, 3.05) is 31.6 Å². The lowest BCUT2D eigenvalue weighted by molar-refractivity contribution is -0.119. The first-order valence-electron chi connectivity index (χ1n) is 7.97. The van der Waals surface area contributed by atoms with Crippen LogP contribution in [-0.2, 0) is 21.1 Å². The van der Waals surface area contributed by atoms with E-state index in [1.54, 1.807) is 7.05 Å². The van der Waals surface area contributed by atoms with Gasteiger partial charge < -0.3 is 16.0 Å². The summed E-state index contributed by atoms with van der Waals surface area (Å²) >= 11 is 0. The molecule has 0 radical (unpaired) electrons. The van der Waals surface area contributed by atoms with Gasteiger partial charge in [0.2, 0.25) is 5.91 Å². The van der Waals surface area contributed by atoms with E-state index >= 15 is 0 Å². The molecular weight excluding hydrogens is 328 g/mol. The van der Waals surface area contributed by atoms with Crippen LogP contribution in [-0.4, -0.2) is 58.0 Å². The Labute approximate surface area is 142 Å². The van der Waals surface area contributed by atoms with Crippen LogP contribution in [0.5, 0.6) is 0 Å². The molecule has 24 heavy (non-hydrogen) atoms. The number of amides is 1. The summed E-state index contributed by atoms with van der Waals surface area (Å²) in [6, 6.07) is 9.79. The van der Waals surface area contributed by atoms with Gasteiger partial charge in [-0.25, -0.2) is 8.42 Å². The number of rotatable bonds is 6. The van der Waals surface area contributed by atoms with Gasteiger partial charge in [0, 0.05) is 19.6 Å². The molecule has 0 spiro atoms. The molecule has 1 aliphatic rings. The summed E-state index contributed by atoms with van der Waals surface area (Å²) in [7, 11) is -1.35. The third-order valence-electron chi connectivity index (χ3n) is 3.79. The molecule has 0 aliphatic carbocycles. The largest absolute Gasteiger partial charge is 0.354 e. The molecule has 2 rings (SSSR count). The third-order valence-corrected chi connectivity index (χ3v) is 5.56. The quantitative estimate of drug-likeness (QED) is 0.482. The lowest BCUT2D eigenvalue weighted by atomic mass is 10.1. The number of guanidine groups is 1. The molecule has 8 heteroatoms. The summed E-state index contributed by atoms with van der Waals surface area (Å²) in [5.41, 5.74) is 1.17. The van der Waals surface area contributed by atoms with Crippen LogP contribution in [0.2, 0.25) is 0 Å².